The molecule has 0 radical (unpaired) electrons. The zero-order valence-electron chi connectivity index (χ0n) is 31.9. The average molecular weight is 635 g/mol. The summed E-state index contributed by atoms with van der Waals surface area (Å²) < 4.78 is 5.62. The molecule has 0 aliphatic rings. The lowest BCUT2D eigenvalue weighted by molar-refractivity contribution is -0.0149. The Morgan fingerprint density at radius 2 is 0.872 bits per heavy atom. The van der Waals surface area contributed by atoms with Crippen molar-refractivity contribution in [1.29, 1.82) is 0 Å². The van der Waals surface area contributed by atoms with Crippen LogP contribution in [0.5, 0.6) is 0 Å². The van der Waals surface area contributed by atoms with E-state index in [-0.39, 0.29) is 11.0 Å². The van der Waals surface area contributed by atoms with E-state index in [9.17, 15) is 0 Å². The lowest BCUT2D eigenvalue weighted by Gasteiger charge is -2.19. The third-order valence-corrected chi connectivity index (χ3v) is 6.67. The van der Waals surface area contributed by atoms with Crippen molar-refractivity contribution in [2.45, 2.75) is 115 Å². The van der Waals surface area contributed by atoms with Crippen molar-refractivity contribution in [1.82, 2.24) is 0 Å². The van der Waals surface area contributed by atoms with Gasteiger partial charge < -0.3 is 4.74 Å². The molecule has 1 heteroatoms. The second kappa shape index (κ2) is 20.7. The van der Waals surface area contributed by atoms with Gasteiger partial charge in [0.2, 0.25) is 0 Å². The largest absolute Gasteiger partial charge is 0.371 e. The van der Waals surface area contributed by atoms with Crippen molar-refractivity contribution in [3.8, 4) is 0 Å². The van der Waals surface area contributed by atoms with Gasteiger partial charge in [0.1, 0.15) is 0 Å². The number of ether oxygens (including phenoxy) is 1. The fraction of sp³-hybridized carbons (Fsp3) is 0.435. The highest BCUT2D eigenvalue weighted by molar-refractivity contribution is 5.49. The van der Waals surface area contributed by atoms with E-state index in [4.69, 9.17) is 4.74 Å². The van der Waals surface area contributed by atoms with Gasteiger partial charge in [0.05, 0.1) is 12.2 Å². The highest BCUT2D eigenvalue weighted by Gasteiger charge is 2.11. The van der Waals surface area contributed by atoms with Gasteiger partial charge in [0.15, 0.2) is 0 Å². The van der Waals surface area contributed by atoms with Crippen molar-refractivity contribution in [2.75, 3.05) is 0 Å². The van der Waals surface area contributed by atoms with Gasteiger partial charge >= 0.3 is 0 Å². The number of hydrogen-bond acceptors (Lipinski definition) is 1. The molecule has 0 spiro atoms. The predicted octanol–water partition coefficient (Wildman–Crippen LogP) is 13.7. The van der Waals surface area contributed by atoms with Crippen LogP contribution >= 0.6 is 0 Å². The van der Waals surface area contributed by atoms with Crippen molar-refractivity contribution >= 4 is 6.08 Å². The summed E-state index contributed by atoms with van der Waals surface area (Å²) in [6, 6.07) is 41.9. The Morgan fingerprint density at radius 1 is 0.468 bits per heavy atom. The van der Waals surface area contributed by atoms with Crippen molar-refractivity contribution < 1.29 is 4.74 Å². The highest BCUT2D eigenvalue weighted by atomic mass is 16.5. The van der Waals surface area contributed by atoms with E-state index < -0.39 is 0 Å². The van der Waals surface area contributed by atoms with Gasteiger partial charge in [0.25, 0.3) is 0 Å². The molecule has 1 nitrogen and oxygen atoms in total. The maximum atomic E-state index is 5.62. The summed E-state index contributed by atoms with van der Waals surface area (Å²) in [4.78, 5) is 0. The Kier molecular flexibility index (Phi) is 18.4. The number of aryl methyl sites for hydroxylation is 1. The number of hydrogen-bond donors (Lipinski definition) is 0. The molecule has 0 aliphatic heterocycles. The molecular formula is C46H66O. The summed E-state index contributed by atoms with van der Waals surface area (Å²) in [5.74, 6) is 0. The van der Waals surface area contributed by atoms with Crippen LogP contribution in [-0.4, -0.2) is 5.60 Å². The summed E-state index contributed by atoms with van der Waals surface area (Å²) >= 11 is 0. The monoisotopic (exact) mass is 635 g/mol. The van der Waals surface area contributed by atoms with Gasteiger partial charge in [-0.15, -0.1) is 0 Å². The fourth-order valence-corrected chi connectivity index (χ4v) is 4.16. The summed E-state index contributed by atoms with van der Waals surface area (Å²) in [5.41, 5.74) is 6.47. The Morgan fingerprint density at radius 3 is 1.26 bits per heavy atom. The van der Waals surface area contributed by atoms with Crippen LogP contribution in [-0.2, 0) is 24.2 Å². The molecule has 0 N–H and O–H groups in total. The van der Waals surface area contributed by atoms with E-state index in [2.05, 4.69) is 192 Å². The Hall–Kier alpha value is -3.42. The Balaban J connectivity index is 0.000000314. The van der Waals surface area contributed by atoms with E-state index in [0.29, 0.717) is 17.4 Å². The fourth-order valence-electron chi connectivity index (χ4n) is 4.16. The quantitative estimate of drug-likeness (QED) is 0.205. The number of allylic oxidation sites excluding steroid dienone is 1. The SMILES string of the molecule is CC(C)(C)/C=C/c1ccccc1.CC(C)(C)CCc1ccccc1.CC(C)(C)Cc1ccccc1.CC(C)(C)OCc1ccccc1. The first-order chi connectivity index (χ1) is 21.8. The molecule has 4 aromatic carbocycles. The predicted molar refractivity (Wildman–Crippen MR) is 210 cm³/mol. The van der Waals surface area contributed by atoms with Crippen LogP contribution in [0.3, 0.4) is 0 Å². The lowest BCUT2D eigenvalue weighted by Crippen LogP contribution is -2.18. The van der Waals surface area contributed by atoms with E-state index >= 15 is 0 Å². The third kappa shape index (κ3) is 26.4. The molecule has 0 saturated carbocycles. The zero-order chi connectivity index (χ0) is 35.4. The van der Waals surface area contributed by atoms with Gasteiger partial charge in [-0.3, -0.25) is 0 Å². The van der Waals surface area contributed by atoms with Gasteiger partial charge in [-0.25, -0.2) is 0 Å². The highest BCUT2D eigenvalue weighted by Crippen LogP contribution is 2.21. The van der Waals surface area contributed by atoms with Crippen LogP contribution < -0.4 is 0 Å². The third-order valence-electron chi connectivity index (χ3n) is 6.67. The van der Waals surface area contributed by atoms with Crippen LogP contribution in [0.1, 0.15) is 112 Å². The average Bonchev–Trinajstić information content (AvgIpc) is 2.99. The minimum absolute atomic E-state index is 0.0458. The van der Waals surface area contributed by atoms with Crippen LogP contribution in [0, 0.1) is 16.2 Å². The smallest absolute Gasteiger partial charge is 0.0724 e. The molecule has 0 saturated heterocycles. The molecule has 0 unspecified atom stereocenters. The molecule has 0 atom stereocenters. The zero-order valence-corrected chi connectivity index (χ0v) is 31.9. The molecule has 0 bridgehead atoms. The van der Waals surface area contributed by atoms with E-state index in [1.54, 1.807) is 0 Å². The Labute approximate surface area is 290 Å². The summed E-state index contributed by atoms with van der Waals surface area (Å²) in [6.45, 7) is 27.2. The number of rotatable bonds is 6. The van der Waals surface area contributed by atoms with E-state index in [0.717, 1.165) is 6.42 Å². The van der Waals surface area contributed by atoms with E-state index in [1.165, 1.54) is 35.1 Å². The minimum Gasteiger partial charge on any atom is -0.371 e. The second-order valence-electron chi connectivity index (χ2n) is 16.8. The molecule has 256 valence electrons. The maximum absolute atomic E-state index is 5.62. The molecule has 0 fully saturated rings. The summed E-state index contributed by atoms with van der Waals surface area (Å²) in [6.07, 6.45) is 8.01. The maximum Gasteiger partial charge on any atom is 0.0724 e. The molecule has 47 heavy (non-hydrogen) atoms. The van der Waals surface area contributed by atoms with Crippen LogP contribution in [0.2, 0.25) is 0 Å². The molecule has 0 aromatic heterocycles. The molecule has 0 heterocycles. The van der Waals surface area contributed by atoms with Crippen molar-refractivity contribution in [3.63, 3.8) is 0 Å². The first-order valence-electron chi connectivity index (χ1n) is 17.3. The standard InChI is InChI=1S/C12H18.C12H16.C11H16O.C11H16/c2*1-12(2,3)10-9-11-7-5-4-6-8-11;1-11(2,3)12-9-10-7-5-4-6-8-10;1-11(2,3)9-10-7-5-4-6-8-10/h4-8H,9-10H2,1-3H3;4-10H,1-3H3;4-8H,9H2,1-3H3;4-8H,9H2,1-3H3/b;10-9+;;. The van der Waals surface area contributed by atoms with Gasteiger partial charge in [-0.05, 0) is 78.5 Å². The first kappa shape index (κ1) is 41.6. The van der Waals surface area contributed by atoms with Crippen LogP contribution in [0.15, 0.2) is 127 Å². The molecule has 0 amide bonds. The minimum atomic E-state index is -0.0458. The normalized spacial score (nSPS) is 11.7. The van der Waals surface area contributed by atoms with Crippen LogP contribution in [0.25, 0.3) is 6.08 Å². The topological polar surface area (TPSA) is 9.23 Å². The van der Waals surface area contributed by atoms with E-state index in [1.807, 2.05) is 24.3 Å². The lowest BCUT2D eigenvalue weighted by atomic mass is 9.88. The van der Waals surface area contributed by atoms with Crippen molar-refractivity contribution in [3.05, 3.63) is 150 Å². The second-order valence-corrected chi connectivity index (χ2v) is 16.8. The number of benzene rings is 4. The van der Waals surface area contributed by atoms with Gasteiger partial charge in [-0.1, -0.05) is 196 Å². The summed E-state index contributed by atoms with van der Waals surface area (Å²) in [7, 11) is 0. The molecular weight excluding hydrogens is 569 g/mol. The van der Waals surface area contributed by atoms with Gasteiger partial charge in [0, 0.05) is 0 Å². The molecule has 0 aliphatic carbocycles. The van der Waals surface area contributed by atoms with Crippen LogP contribution in [0.4, 0.5) is 0 Å². The molecule has 4 aromatic rings. The first-order valence-corrected chi connectivity index (χ1v) is 17.3. The Bertz CT molecular complexity index is 1270. The summed E-state index contributed by atoms with van der Waals surface area (Å²) in [5, 5.41) is 0. The van der Waals surface area contributed by atoms with Gasteiger partial charge in [-0.2, -0.15) is 0 Å². The van der Waals surface area contributed by atoms with Crippen molar-refractivity contribution in [2.24, 2.45) is 16.2 Å². The molecule has 4 rings (SSSR count).